The summed E-state index contributed by atoms with van der Waals surface area (Å²) >= 11 is 0. The molecule has 28 heavy (non-hydrogen) atoms. The van der Waals surface area contributed by atoms with Crippen LogP contribution >= 0.6 is 0 Å². The summed E-state index contributed by atoms with van der Waals surface area (Å²) in [4.78, 5) is 12.6. The normalized spacial score (nSPS) is 15.6. The Bertz CT molecular complexity index is 885. The number of anilines is 1. The van der Waals surface area contributed by atoms with Crippen molar-refractivity contribution in [1.29, 1.82) is 0 Å². The minimum atomic E-state index is -3.99. The molecule has 1 fully saturated rings. The first-order valence-electron chi connectivity index (χ1n) is 9.59. The van der Waals surface area contributed by atoms with Gasteiger partial charge < -0.3 is 10.1 Å². The molecule has 1 aromatic carbocycles. The summed E-state index contributed by atoms with van der Waals surface area (Å²) in [5, 5.41) is 8.93. The van der Waals surface area contributed by atoms with Gasteiger partial charge in [0.25, 0.3) is 15.9 Å². The van der Waals surface area contributed by atoms with Crippen LogP contribution in [0.5, 0.6) is 5.75 Å². The molecule has 0 unspecified atom stereocenters. The van der Waals surface area contributed by atoms with Gasteiger partial charge in [0, 0.05) is 11.7 Å². The highest BCUT2D eigenvalue weighted by atomic mass is 32.2. The Morgan fingerprint density at radius 2 is 1.86 bits per heavy atom. The topological polar surface area (TPSA) is 113 Å². The van der Waals surface area contributed by atoms with E-state index in [4.69, 9.17) is 4.74 Å². The van der Waals surface area contributed by atoms with E-state index in [1.54, 1.807) is 24.3 Å². The highest BCUT2D eigenvalue weighted by Gasteiger charge is 2.26. The number of aromatic amines is 1. The average Bonchev–Trinajstić information content (AvgIpc) is 3.04. The predicted molar refractivity (Wildman–Crippen MR) is 106 cm³/mol. The third-order valence-electron chi connectivity index (χ3n) is 4.73. The van der Waals surface area contributed by atoms with E-state index in [2.05, 4.69) is 20.2 Å². The van der Waals surface area contributed by atoms with Gasteiger partial charge in [0.05, 0.1) is 18.4 Å². The van der Waals surface area contributed by atoms with Gasteiger partial charge >= 0.3 is 0 Å². The van der Waals surface area contributed by atoms with Crippen molar-refractivity contribution in [3.8, 4) is 5.75 Å². The van der Waals surface area contributed by atoms with Crippen molar-refractivity contribution >= 4 is 21.6 Å². The quantitative estimate of drug-likeness (QED) is 0.612. The zero-order valence-corrected chi connectivity index (χ0v) is 16.7. The first-order valence-corrected chi connectivity index (χ1v) is 11.1. The third-order valence-corrected chi connectivity index (χ3v) is 6.08. The number of sulfonamides is 1. The summed E-state index contributed by atoms with van der Waals surface area (Å²) in [6.07, 6.45) is 7.56. The molecule has 2 aromatic rings. The fourth-order valence-electron chi connectivity index (χ4n) is 3.32. The lowest BCUT2D eigenvalue weighted by atomic mass is 10.1. The highest BCUT2D eigenvalue weighted by Crippen LogP contribution is 2.22. The monoisotopic (exact) mass is 406 g/mol. The van der Waals surface area contributed by atoms with Crippen LogP contribution in [-0.4, -0.2) is 37.2 Å². The summed E-state index contributed by atoms with van der Waals surface area (Å²) in [5.74, 6) is 0.225. The standard InChI is InChI=1S/C19H26N4O4S/c1-2-27-16-11-9-15(10-12-16)23-28(25,26)19-17(13-20-22-19)18(24)21-14-7-5-3-4-6-8-14/h9-14,23H,2-8H2,1H3,(H,20,22)(H,21,24). The maximum Gasteiger partial charge on any atom is 0.279 e. The first kappa shape index (κ1) is 20.2. The molecule has 0 spiro atoms. The van der Waals surface area contributed by atoms with Crippen LogP contribution in [0.15, 0.2) is 35.5 Å². The lowest BCUT2D eigenvalue weighted by molar-refractivity contribution is 0.0930. The molecule has 0 bridgehead atoms. The van der Waals surface area contributed by atoms with Crippen LogP contribution < -0.4 is 14.8 Å². The molecule has 3 N–H and O–H groups in total. The molecule has 1 saturated carbocycles. The van der Waals surface area contributed by atoms with Crippen molar-refractivity contribution in [2.75, 3.05) is 11.3 Å². The minimum absolute atomic E-state index is 0.0164. The van der Waals surface area contributed by atoms with Crippen molar-refractivity contribution in [1.82, 2.24) is 15.5 Å². The molecule has 0 radical (unpaired) electrons. The summed E-state index contributed by atoms with van der Waals surface area (Å²) in [6, 6.07) is 6.62. The predicted octanol–water partition coefficient (Wildman–Crippen LogP) is 3.06. The molecule has 1 heterocycles. The first-order chi connectivity index (χ1) is 13.5. The number of benzene rings is 1. The number of aromatic nitrogens is 2. The minimum Gasteiger partial charge on any atom is -0.494 e. The van der Waals surface area contributed by atoms with Gasteiger partial charge in [-0.2, -0.15) is 13.5 Å². The molecule has 0 saturated heterocycles. The second kappa shape index (κ2) is 9.09. The van der Waals surface area contributed by atoms with Crippen molar-refractivity contribution in [3.63, 3.8) is 0 Å². The molecule has 8 nitrogen and oxygen atoms in total. The molecule has 1 aliphatic rings. The van der Waals surface area contributed by atoms with E-state index in [0.29, 0.717) is 18.0 Å². The van der Waals surface area contributed by atoms with Gasteiger partial charge in [-0.25, -0.2) is 0 Å². The number of H-pyrrole nitrogens is 1. The molecule has 0 aliphatic heterocycles. The maximum absolute atomic E-state index is 12.8. The van der Waals surface area contributed by atoms with Crippen molar-refractivity contribution in [2.45, 2.75) is 56.5 Å². The van der Waals surface area contributed by atoms with Gasteiger partial charge in [-0.1, -0.05) is 25.7 Å². The number of nitrogens with zero attached hydrogens (tertiary/aromatic N) is 1. The number of hydrogen-bond donors (Lipinski definition) is 3. The SMILES string of the molecule is CCOc1ccc(NS(=O)(=O)c2[nH]ncc2C(=O)NC2CCCCCC2)cc1. The molecule has 1 amide bonds. The highest BCUT2D eigenvalue weighted by molar-refractivity contribution is 7.92. The second-order valence-electron chi connectivity index (χ2n) is 6.84. The van der Waals surface area contributed by atoms with Gasteiger partial charge in [0.1, 0.15) is 5.75 Å². The fourth-order valence-corrected chi connectivity index (χ4v) is 4.48. The van der Waals surface area contributed by atoms with E-state index < -0.39 is 15.9 Å². The number of amides is 1. The van der Waals surface area contributed by atoms with Gasteiger partial charge in [-0.15, -0.1) is 0 Å². The third kappa shape index (κ3) is 5.03. The Kier molecular flexibility index (Phi) is 6.56. The number of carbonyl (C=O) groups excluding carboxylic acids is 1. The van der Waals surface area contributed by atoms with Crippen LogP contribution in [0.2, 0.25) is 0 Å². The second-order valence-corrected chi connectivity index (χ2v) is 8.46. The molecule has 0 atom stereocenters. The molecular formula is C19H26N4O4S. The molecule has 152 valence electrons. The summed E-state index contributed by atoms with van der Waals surface area (Å²) in [5.41, 5.74) is 0.385. The summed E-state index contributed by atoms with van der Waals surface area (Å²) in [6.45, 7) is 2.40. The molecule has 3 rings (SSSR count). The molecule has 1 aromatic heterocycles. The van der Waals surface area contributed by atoms with Crippen LogP contribution in [0, 0.1) is 0 Å². The maximum atomic E-state index is 12.8. The van der Waals surface area contributed by atoms with Gasteiger partial charge in [-0.05, 0) is 44.0 Å². The van der Waals surface area contributed by atoms with Gasteiger partial charge in [0.2, 0.25) is 0 Å². The van der Waals surface area contributed by atoms with Crippen molar-refractivity contribution in [2.24, 2.45) is 0 Å². The van der Waals surface area contributed by atoms with E-state index in [1.165, 1.54) is 19.0 Å². The van der Waals surface area contributed by atoms with E-state index in [0.717, 1.165) is 25.7 Å². The van der Waals surface area contributed by atoms with Gasteiger partial charge in [0.15, 0.2) is 5.03 Å². The van der Waals surface area contributed by atoms with Crippen LogP contribution in [-0.2, 0) is 10.0 Å². The Balaban J connectivity index is 1.72. The smallest absolute Gasteiger partial charge is 0.279 e. The largest absolute Gasteiger partial charge is 0.494 e. The molecular weight excluding hydrogens is 380 g/mol. The summed E-state index contributed by atoms with van der Waals surface area (Å²) in [7, 11) is -3.99. The number of hydrogen-bond acceptors (Lipinski definition) is 5. The Morgan fingerprint density at radius 1 is 1.18 bits per heavy atom. The Morgan fingerprint density at radius 3 is 2.50 bits per heavy atom. The lowest BCUT2D eigenvalue weighted by Gasteiger charge is -2.16. The number of ether oxygens (including phenoxy) is 1. The van der Waals surface area contributed by atoms with E-state index in [1.807, 2.05) is 6.92 Å². The van der Waals surface area contributed by atoms with Crippen molar-refractivity contribution < 1.29 is 17.9 Å². The number of carbonyl (C=O) groups is 1. The van der Waals surface area contributed by atoms with Crippen LogP contribution in [0.3, 0.4) is 0 Å². The number of rotatable bonds is 7. The van der Waals surface area contributed by atoms with E-state index >= 15 is 0 Å². The van der Waals surface area contributed by atoms with E-state index in [-0.39, 0.29) is 16.6 Å². The molecule has 1 aliphatic carbocycles. The molecule has 9 heteroatoms. The van der Waals surface area contributed by atoms with Crippen LogP contribution in [0.25, 0.3) is 0 Å². The van der Waals surface area contributed by atoms with Gasteiger partial charge in [-0.3, -0.25) is 14.6 Å². The summed E-state index contributed by atoms with van der Waals surface area (Å²) < 4.78 is 33.3. The Labute approximate surface area is 165 Å². The van der Waals surface area contributed by atoms with Crippen LogP contribution in [0.1, 0.15) is 55.8 Å². The fraction of sp³-hybridized carbons (Fsp3) is 0.474. The Hall–Kier alpha value is -2.55. The van der Waals surface area contributed by atoms with E-state index in [9.17, 15) is 13.2 Å². The average molecular weight is 407 g/mol. The zero-order valence-electron chi connectivity index (χ0n) is 15.9. The zero-order chi connectivity index (χ0) is 20.0. The number of nitrogens with one attached hydrogen (secondary N) is 3. The van der Waals surface area contributed by atoms with Crippen LogP contribution in [0.4, 0.5) is 5.69 Å². The van der Waals surface area contributed by atoms with Crippen molar-refractivity contribution in [3.05, 3.63) is 36.0 Å². The lowest BCUT2D eigenvalue weighted by Crippen LogP contribution is -2.35.